The molecule has 0 saturated heterocycles. The molecule has 0 atom stereocenters. The summed E-state index contributed by atoms with van der Waals surface area (Å²) in [7, 11) is 0. The summed E-state index contributed by atoms with van der Waals surface area (Å²) in [5.41, 5.74) is 5.15. The minimum absolute atomic E-state index is 0.217. The van der Waals surface area contributed by atoms with Crippen LogP contribution in [0, 0.1) is 23.7 Å². The fourth-order valence-corrected chi connectivity index (χ4v) is 4.82. The highest BCUT2D eigenvalue weighted by atomic mass is 16.1. The Balaban J connectivity index is 1.45. The van der Waals surface area contributed by atoms with Crippen LogP contribution in [0.4, 0.5) is 0 Å². The van der Waals surface area contributed by atoms with Gasteiger partial charge in [0.2, 0.25) is 0 Å². The lowest BCUT2D eigenvalue weighted by atomic mass is 10.0. The van der Waals surface area contributed by atoms with Gasteiger partial charge in [-0.05, 0) is 61.4 Å². The molecule has 2 nitrogen and oxygen atoms in total. The van der Waals surface area contributed by atoms with Crippen molar-refractivity contribution < 1.29 is 9.59 Å². The molecule has 3 aromatic carbocycles. The largest absolute Gasteiger partial charge is 0.294 e. The molecule has 0 aromatic heterocycles. The Morgan fingerprint density at radius 3 is 0.976 bits per heavy atom. The standard InChI is InChI=1S/C40H46O2/c1-3-5-7-9-11-13-15-39(41)37-29-25-35(26-30-37)23-21-33-17-19-34(20-18-33)22-24-36-27-31-38(32-28-36)40(42)16-14-12-10-8-6-4-2/h17-20,25-32H,3-16H2,1-2H3. The molecule has 0 saturated carbocycles. The van der Waals surface area contributed by atoms with Crippen LogP contribution in [0.3, 0.4) is 0 Å². The van der Waals surface area contributed by atoms with Gasteiger partial charge in [0, 0.05) is 46.2 Å². The van der Waals surface area contributed by atoms with Crippen LogP contribution in [0.25, 0.3) is 0 Å². The van der Waals surface area contributed by atoms with Crippen molar-refractivity contribution in [3.05, 3.63) is 106 Å². The number of carbonyl (C=O) groups is 2. The molecular formula is C40H46O2. The third kappa shape index (κ3) is 12.3. The molecule has 2 heteroatoms. The maximum absolute atomic E-state index is 12.4. The lowest BCUT2D eigenvalue weighted by Gasteiger charge is -2.02. The molecule has 218 valence electrons. The fraction of sp³-hybridized carbons (Fsp3) is 0.400. The average molecular weight is 559 g/mol. The highest BCUT2D eigenvalue weighted by molar-refractivity contribution is 5.96. The first kappa shape index (κ1) is 32.6. The quantitative estimate of drug-likeness (QED) is 0.0995. The van der Waals surface area contributed by atoms with E-state index in [9.17, 15) is 9.59 Å². The molecule has 42 heavy (non-hydrogen) atoms. The topological polar surface area (TPSA) is 34.1 Å². The number of carbonyl (C=O) groups excluding carboxylic acids is 2. The number of ketones is 2. The zero-order valence-corrected chi connectivity index (χ0v) is 25.6. The highest BCUT2D eigenvalue weighted by Gasteiger charge is 2.06. The summed E-state index contributed by atoms with van der Waals surface area (Å²) in [6.07, 6.45) is 15.5. The lowest BCUT2D eigenvalue weighted by Crippen LogP contribution is -1.98. The number of hydrogen-bond acceptors (Lipinski definition) is 2. The summed E-state index contributed by atoms with van der Waals surface area (Å²) in [5.74, 6) is 13.2. The predicted octanol–water partition coefficient (Wildman–Crippen LogP) is 10.4. The van der Waals surface area contributed by atoms with E-state index in [2.05, 4.69) is 37.5 Å². The second kappa shape index (κ2) is 19.3. The van der Waals surface area contributed by atoms with Crippen molar-refractivity contribution in [3.8, 4) is 23.7 Å². The van der Waals surface area contributed by atoms with Gasteiger partial charge in [0.05, 0.1) is 0 Å². The average Bonchev–Trinajstić information content (AvgIpc) is 3.03. The molecule has 0 amide bonds. The van der Waals surface area contributed by atoms with Crippen LogP contribution >= 0.6 is 0 Å². The Bertz CT molecular complexity index is 1250. The van der Waals surface area contributed by atoms with Crippen LogP contribution in [-0.2, 0) is 0 Å². The normalized spacial score (nSPS) is 10.3. The van der Waals surface area contributed by atoms with Gasteiger partial charge in [-0.15, -0.1) is 0 Å². The van der Waals surface area contributed by atoms with Crippen molar-refractivity contribution in [1.82, 2.24) is 0 Å². The van der Waals surface area contributed by atoms with Gasteiger partial charge in [-0.3, -0.25) is 9.59 Å². The molecule has 0 bridgehead atoms. The third-order valence-corrected chi connectivity index (χ3v) is 7.52. The summed E-state index contributed by atoms with van der Waals surface area (Å²) in [4.78, 5) is 24.9. The lowest BCUT2D eigenvalue weighted by molar-refractivity contribution is 0.0971. The molecule has 0 heterocycles. The van der Waals surface area contributed by atoms with Crippen molar-refractivity contribution >= 4 is 11.6 Å². The molecule has 0 unspecified atom stereocenters. The van der Waals surface area contributed by atoms with Gasteiger partial charge >= 0.3 is 0 Å². The molecule has 0 fully saturated rings. The minimum atomic E-state index is 0.217. The summed E-state index contributed by atoms with van der Waals surface area (Å²) in [6.45, 7) is 4.43. The Labute approximate surface area is 254 Å². The Hall–Kier alpha value is -3.88. The Morgan fingerprint density at radius 1 is 0.405 bits per heavy atom. The van der Waals surface area contributed by atoms with Gasteiger partial charge in [-0.2, -0.15) is 0 Å². The van der Waals surface area contributed by atoms with Crippen LogP contribution in [0.5, 0.6) is 0 Å². The van der Waals surface area contributed by atoms with E-state index in [0.717, 1.165) is 59.1 Å². The van der Waals surface area contributed by atoms with Crippen molar-refractivity contribution in [1.29, 1.82) is 0 Å². The van der Waals surface area contributed by atoms with Gasteiger partial charge in [-0.1, -0.05) is 126 Å². The first-order valence-corrected chi connectivity index (χ1v) is 16.0. The number of hydrogen-bond donors (Lipinski definition) is 0. The van der Waals surface area contributed by atoms with Crippen molar-refractivity contribution in [2.75, 3.05) is 0 Å². The summed E-state index contributed by atoms with van der Waals surface area (Å²) >= 11 is 0. The molecule has 3 rings (SSSR count). The van der Waals surface area contributed by atoms with Gasteiger partial charge < -0.3 is 0 Å². The predicted molar refractivity (Wildman–Crippen MR) is 176 cm³/mol. The molecule has 0 aliphatic heterocycles. The monoisotopic (exact) mass is 558 g/mol. The molecule has 0 aliphatic carbocycles. The number of rotatable bonds is 16. The van der Waals surface area contributed by atoms with E-state index in [1.807, 2.05) is 72.8 Å². The molecular weight excluding hydrogens is 512 g/mol. The smallest absolute Gasteiger partial charge is 0.162 e. The maximum Gasteiger partial charge on any atom is 0.162 e. The summed E-state index contributed by atoms with van der Waals surface area (Å²) in [6, 6.07) is 23.1. The third-order valence-electron chi connectivity index (χ3n) is 7.52. The number of benzene rings is 3. The molecule has 0 N–H and O–H groups in total. The van der Waals surface area contributed by atoms with E-state index < -0.39 is 0 Å². The van der Waals surface area contributed by atoms with Crippen LogP contribution < -0.4 is 0 Å². The zero-order chi connectivity index (χ0) is 29.8. The van der Waals surface area contributed by atoms with Gasteiger partial charge in [0.15, 0.2) is 11.6 Å². The summed E-state index contributed by atoms with van der Waals surface area (Å²) < 4.78 is 0. The molecule has 0 radical (unpaired) electrons. The molecule has 0 spiro atoms. The Morgan fingerprint density at radius 2 is 0.667 bits per heavy atom. The fourth-order valence-electron chi connectivity index (χ4n) is 4.82. The van der Waals surface area contributed by atoms with Crippen molar-refractivity contribution in [2.45, 2.75) is 104 Å². The Kier molecular flexibility index (Phi) is 15.0. The summed E-state index contributed by atoms with van der Waals surface area (Å²) in [5, 5.41) is 0. The molecule has 3 aromatic rings. The van der Waals surface area contributed by atoms with Crippen LogP contribution in [0.2, 0.25) is 0 Å². The van der Waals surface area contributed by atoms with Crippen LogP contribution in [0.15, 0.2) is 72.8 Å². The van der Waals surface area contributed by atoms with E-state index in [1.165, 1.54) is 51.4 Å². The zero-order valence-electron chi connectivity index (χ0n) is 25.6. The second-order valence-corrected chi connectivity index (χ2v) is 11.1. The van der Waals surface area contributed by atoms with E-state index in [0.29, 0.717) is 12.8 Å². The van der Waals surface area contributed by atoms with Crippen molar-refractivity contribution in [2.24, 2.45) is 0 Å². The van der Waals surface area contributed by atoms with Gasteiger partial charge in [-0.25, -0.2) is 0 Å². The van der Waals surface area contributed by atoms with E-state index in [1.54, 1.807) is 0 Å². The number of Topliss-reactive ketones (excluding diaryl/α,β-unsaturated/α-hetero) is 2. The van der Waals surface area contributed by atoms with E-state index in [-0.39, 0.29) is 11.6 Å². The van der Waals surface area contributed by atoms with Crippen molar-refractivity contribution in [3.63, 3.8) is 0 Å². The van der Waals surface area contributed by atoms with Crippen LogP contribution in [0.1, 0.15) is 147 Å². The first-order chi connectivity index (χ1) is 20.6. The second-order valence-electron chi connectivity index (χ2n) is 11.1. The van der Waals surface area contributed by atoms with E-state index in [4.69, 9.17) is 0 Å². The SMILES string of the molecule is CCCCCCCCC(=O)c1ccc(C#Cc2ccc(C#Cc3ccc(C(=O)CCCCCCCC)cc3)cc2)cc1. The highest BCUT2D eigenvalue weighted by Crippen LogP contribution is 2.14. The van der Waals surface area contributed by atoms with Gasteiger partial charge in [0.25, 0.3) is 0 Å². The molecule has 0 aliphatic rings. The van der Waals surface area contributed by atoms with Gasteiger partial charge in [0.1, 0.15) is 0 Å². The first-order valence-electron chi connectivity index (χ1n) is 16.0. The minimum Gasteiger partial charge on any atom is -0.294 e. The number of unbranched alkanes of at least 4 members (excludes halogenated alkanes) is 10. The maximum atomic E-state index is 12.4. The van der Waals surface area contributed by atoms with E-state index >= 15 is 0 Å². The van der Waals surface area contributed by atoms with Crippen LogP contribution in [-0.4, -0.2) is 11.6 Å².